The summed E-state index contributed by atoms with van der Waals surface area (Å²) in [5.74, 6) is 0. The average molecular weight is 791 g/mol. The fourth-order valence-corrected chi connectivity index (χ4v) is 9.11. The number of aromatic nitrogens is 1. The number of fused-ring (bicyclic) bond motifs is 3. The first-order valence-corrected chi connectivity index (χ1v) is 21.3. The molecule has 0 atom stereocenters. The Bertz CT molecular complexity index is 3310. The lowest BCUT2D eigenvalue weighted by molar-refractivity contribution is 1.18. The Labute approximate surface area is 362 Å². The molecule has 11 rings (SSSR count). The topological polar surface area (TPSA) is 8.17 Å². The summed E-state index contributed by atoms with van der Waals surface area (Å²) in [5.41, 5.74) is 18.7. The van der Waals surface area contributed by atoms with Crippen LogP contribution in [0.1, 0.15) is 0 Å². The van der Waals surface area contributed by atoms with Crippen molar-refractivity contribution in [3.8, 4) is 61.3 Å². The summed E-state index contributed by atoms with van der Waals surface area (Å²) in [5, 5.41) is 2.43. The van der Waals surface area contributed by atoms with Gasteiger partial charge in [-0.2, -0.15) is 0 Å². The second kappa shape index (κ2) is 16.1. The van der Waals surface area contributed by atoms with Crippen molar-refractivity contribution in [1.82, 2.24) is 4.57 Å². The van der Waals surface area contributed by atoms with Crippen LogP contribution in [0.3, 0.4) is 0 Å². The third-order valence-electron chi connectivity index (χ3n) is 12.0. The molecular formula is C60H42N2. The molecule has 0 unspecified atom stereocenters. The zero-order valence-corrected chi connectivity index (χ0v) is 34.1. The van der Waals surface area contributed by atoms with Crippen LogP contribution in [-0.2, 0) is 0 Å². The smallest absolute Gasteiger partial charge is 0.0542 e. The molecule has 0 aliphatic rings. The molecule has 11 aromatic rings. The lowest BCUT2D eigenvalue weighted by Crippen LogP contribution is -2.11. The van der Waals surface area contributed by atoms with E-state index in [2.05, 4.69) is 264 Å². The number of rotatable bonds is 9. The molecule has 0 saturated heterocycles. The van der Waals surface area contributed by atoms with E-state index in [9.17, 15) is 0 Å². The van der Waals surface area contributed by atoms with Crippen LogP contribution in [0, 0.1) is 0 Å². The van der Waals surface area contributed by atoms with Gasteiger partial charge in [0.2, 0.25) is 0 Å². The second-order valence-corrected chi connectivity index (χ2v) is 15.7. The van der Waals surface area contributed by atoms with Crippen LogP contribution in [0.2, 0.25) is 0 Å². The van der Waals surface area contributed by atoms with Crippen molar-refractivity contribution in [2.45, 2.75) is 0 Å². The zero-order valence-electron chi connectivity index (χ0n) is 34.1. The quantitative estimate of drug-likeness (QED) is 0.141. The van der Waals surface area contributed by atoms with E-state index < -0.39 is 0 Å². The standard InChI is InChI=1S/C60H42N2/c1-4-18-43(19-5-1)44-32-34-45(35-33-44)46-36-38-49(39-37-46)61(50-40-41-60-57(42-50)56-29-15-17-31-59(56)62(60)48-22-8-3-9-23-48)58-30-16-14-28-55(58)54-27-13-12-26-53(54)52-25-11-10-24-51(52)47-20-6-2-7-21-47/h1-42H. The lowest BCUT2D eigenvalue weighted by Gasteiger charge is -2.29. The van der Waals surface area contributed by atoms with Gasteiger partial charge in [-0.25, -0.2) is 0 Å². The molecule has 0 N–H and O–H groups in total. The number of benzene rings is 10. The Kier molecular flexibility index (Phi) is 9.57. The van der Waals surface area contributed by atoms with Crippen LogP contribution in [0.15, 0.2) is 255 Å². The van der Waals surface area contributed by atoms with E-state index >= 15 is 0 Å². The molecule has 0 aliphatic carbocycles. The molecule has 0 amide bonds. The molecule has 10 aromatic carbocycles. The van der Waals surface area contributed by atoms with E-state index in [4.69, 9.17) is 0 Å². The van der Waals surface area contributed by atoms with Gasteiger partial charge in [-0.05, 0) is 105 Å². The van der Waals surface area contributed by atoms with Gasteiger partial charge < -0.3 is 9.47 Å². The van der Waals surface area contributed by atoms with E-state index in [1.165, 1.54) is 71.9 Å². The molecular weight excluding hydrogens is 749 g/mol. The van der Waals surface area contributed by atoms with Crippen molar-refractivity contribution >= 4 is 38.9 Å². The fourth-order valence-electron chi connectivity index (χ4n) is 9.11. The van der Waals surface area contributed by atoms with Gasteiger partial charge in [-0.1, -0.05) is 200 Å². The third kappa shape index (κ3) is 6.74. The van der Waals surface area contributed by atoms with Crippen LogP contribution < -0.4 is 4.90 Å². The van der Waals surface area contributed by atoms with Crippen molar-refractivity contribution in [2.75, 3.05) is 4.90 Å². The SMILES string of the molecule is c1ccc(-c2ccc(-c3ccc(N(c4ccc5c(c4)c4ccccc4n5-c4ccccc4)c4ccccc4-c4ccccc4-c4ccccc4-c4ccccc4)cc3)cc2)cc1. The highest BCUT2D eigenvalue weighted by atomic mass is 15.1. The van der Waals surface area contributed by atoms with Gasteiger partial charge in [0, 0.05) is 33.4 Å². The number of hydrogen-bond acceptors (Lipinski definition) is 1. The van der Waals surface area contributed by atoms with Crippen molar-refractivity contribution in [3.63, 3.8) is 0 Å². The maximum absolute atomic E-state index is 2.44. The molecule has 62 heavy (non-hydrogen) atoms. The molecule has 0 saturated carbocycles. The number of nitrogens with zero attached hydrogens (tertiary/aromatic N) is 2. The highest BCUT2D eigenvalue weighted by Gasteiger charge is 2.22. The summed E-state index contributed by atoms with van der Waals surface area (Å²) in [6.45, 7) is 0. The van der Waals surface area contributed by atoms with Gasteiger partial charge in [0.15, 0.2) is 0 Å². The number of para-hydroxylation sites is 3. The molecule has 1 heterocycles. The van der Waals surface area contributed by atoms with Crippen LogP contribution in [0.4, 0.5) is 17.1 Å². The van der Waals surface area contributed by atoms with Gasteiger partial charge in [0.1, 0.15) is 0 Å². The van der Waals surface area contributed by atoms with E-state index in [0.29, 0.717) is 0 Å². The summed E-state index contributed by atoms with van der Waals surface area (Å²) in [4.78, 5) is 2.44. The van der Waals surface area contributed by atoms with Gasteiger partial charge in [0.25, 0.3) is 0 Å². The Hall–Kier alpha value is -8.20. The summed E-state index contributed by atoms with van der Waals surface area (Å²) in [7, 11) is 0. The highest BCUT2D eigenvalue weighted by Crippen LogP contribution is 2.46. The Balaban J connectivity index is 1.09. The molecule has 2 nitrogen and oxygen atoms in total. The summed E-state index contributed by atoms with van der Waals surface area (Å²) < 4.78 is 2.38. The maximum Gasteiger partial charge on any atom is 0.0542 e. The lowest BCUT2D eigenvalue weighted by atomic mass is 9.88. The first-order valence-electron chi connectivity index (χ1n) is 21.3. The van der Waals surface area contributed by atoms with Crippen LogP contribution in [0.5, 0.6) is 0 Å². The number of hydrogen-bond donors (Lipinski definition) is 0. The summed E-state index contributed by atoms with van der Waals surface area (Å²) in [6, 6.07) is 92.1. The van der Waals surface area contributed by atoms with E-state index in [0.717, 1.165) is 28.3 Å². The average Bonchev–Trinajstić information content (AvgIpc) is 3.69. The van der Waals surface area contributed by atoms with E-state index in [1.54, 1.807) is 0 Å². The molecule has 2 heteroatoms. The minimum absolute atomic E-state index is 1.08. The van der Waals surface area contributed by atoms with Gasteiger partial charge >= 0.3 is 0 Å². The van der Waals surface area contributed by atoms with Crippen molar-refractivity contribution < 1.29 is 0 Å². The van der Waals surface area contributed by atoms with Crippen molar-refractivity contribution in [1.29, 1.82) is 0 Å². The highest BCUT2D eigenvalue weighted by molar-refractivity contribution is 6.11. The predicted octanol–water partition coefficient (Wildman–Crippen LogP) is 16.6. The maximum atomic E-state index is 2.44. The normalized spacial score (nSPS) is 11.2. The second-order valence-electron chi connectivity index (χ2n) is 15.7. The van der Waals surface area contributed by atoms with Gasteiger partial charge in [0.05, 0.1) is 16.7 Å². The fraction of sp³-hybridized carbons (Fsp3) is 0. The largest absolute Gasteiger partial charge is 0.310 e. The van der Waals surface area contributed by atoms with Gasteiger partial charge in [-0.15, -0.1) is 0 Å². The van der Waals surface area contributed by atoms with E-state index in [1.807, 2.05) is 0 Å². The molecule has 292 valence electrons. The minimum Gasteiger partial charge on any atom is -0.310 e. The van der Waals surface area contributed by atoms with E-state index in [-0.39, 0.29) is 0 Å². The predicted molar refractivity (Wildman–Crippen MR) is 263 cm³/mol. The molecule has 0 aliphatic heterocycles. The Morgan fingerprint density at radius 2 is 0.677 bits per heavy atom. The zero-order chi connectivity index (χ0) is 41.2. The molecule has 0 fully saturated rings. The Morgan fingerprint density at radius 3 is 1.32 bits per heavy atom. The number of anilines is 3. The Morgan fingerprint density at radius 1 is 0.258 bits per heavy atom. The van der Waals surface area contributed by atoms with Crippen LogP contribution in [-0.4, -0.2) is 4.57 Å². The summed E-state index contributed by atoms with van der Waals surface area (Å²) >= 11 is 0. The summed E-state index contributed by atoms with van der Waals surface area (Å²) in [6.07, 6.45) is 0. The minimum atomic E-state index is 1.08. The van der Waals surface area contributed by atoms with Gasteiger partial charge in [-0.3, -0.25) is 0 Å². The first kappa shape index (κ1) is 36.8. The third-order valence-corrected chi connectivity index (χ3v) is 12.0. The van der Waals surface area contributed by atoms with Crippen LogP contribution >= 0.6 is 0 Å². The molecule has 0 bridgehead atoms. The molecule has 0 spiro atoms. The molecule has 0 radical (unpaired) electrons. The first-order chi connectivity index (χ1) is 30.8. The van der Waals surface area contributed by atoms with Crippen molar-refractivity contribution in [2.24, 2.45) is 0 Å². The van der Waals surface area contributed by atoms with Crippen molar-refractivity contribution in [3.05, 3.63) is 255 Å². The molecule has 1 aromatic heterocycles. The van der Waals surface area contributed by atoms with Crippen LogP contribution in [0.25, 0.3) is 83.1 Å². The monoisotopic (exact) mass is 790 g/mol.